The second-order valence-electron chi connectivity index (χ2n) is 9.59. The molecule has 2 N–H and O–H groups in total. The van der Waals surface area contributed by atoms with Gasteiger partial charge >= 0.3 is 0 Å². The molecular weight excluding hydrogens is 446 g/mol. The van der Waals surface area contributed by atoms with Crippen molar-refractivity contribution in [1.29, 1.82) is 0 Å². The van der Waals surface area contributed by atoms with Crippen LogP contribution in [0, 0.1) is 0 Å². The molecule has 2 aliphatic rings. The quantitative estimate of drug-likeness (QED) is 0.554. The molecule has 0 spiro atoms. The van der Waals surface area contributed by atoms with E-state index in [0.29, 0.717) is 38.0 Å². The van der Waals surface area contributed by atoms with Gasteiger partial charge in [-0.15, -0.1) is 0 Å². The van der Waals surface area contributed by atoms with Crippen molar-refractivity contribution < 1.29 is 14.3 Å². The van der Waals surface area contributed by atoms with E-state index in [0.717, 1.165) is 54.6 Å². The minimum Gasteiger partial charge on any atom is -0.491 e. The molecule has 0 aliphatic carbocycles. The average Bonchev–Trinajstić information content (AvgIpc) is 3.40. The highest BCUT2D eigenvalue weighted by Crippen LogP contribution is 2.38. The minimum atomic E-state index is -0.265. The van der Waals surface area contributed by atoms with E-state index in [1.807, 2.05) is 10.9 Å². The van der Waals surface area contributed by atoms with Crippen LogP contribution < -0.4 is 10.5 Å². The molecule has 2 aromatic heterocycles. The summed E-state index contributed by atoms with van der Waals surface area (Å²) >= 11 is 0. The van der Waals surface area contributed by atoms with Crippen molar-refractivity contribution in [2.24, 2.45) is 5.73 Å². The van der Waals surface area contributed by atoms with Crippen molar-refractivity contribution >= 4 is 5.91 Å². The van der Waals surface area contributed by atoms with Gasteiger partial charge in [0.05, 0.1) is 18.7 Å². The van der Waals surface area contributed by atoms with Crippen molar-refractivity contribution in [1.82, 2.24) is 29.2 Å². The Hall–Kier alpha value is -3.24. The van der Waals surface area contributed by atoms with Gasteiger partial charge in [-0.1, -0.05) is 6.07 Å². The van der Waals surface area contributed by atoms with E-state index >= 15 is 0 Å². The average molecular weight is 480 g/mol. The maximum absolute atomic E-state index is 11.2. The fourth-order valence-corrected chi connectivity index (χ4v) is 5.00. The number of hydrogen-bond donors (Lipinski definition) is 1. The molecule has 10 nitrogen and oxygen atoms in total. The van der Waals surface area contributed by atoms with E-state index in [2.05, 4.69) is 46.6 Å². The van der Waals surface area contributed by atoms with Gasteiger partial charge in [-0.25, -0.2) is 14.6 Å². The maximum atomic E-state index is 11.2. The Morgan fingerprint density at radius 3 is 2.71 bits per heavy atom. The SMILES string of the molecule is COCc1nc(-c2cn3c(n2)-c2ccc(C4CCN(CC(N)=O)CC4)cc2OCC3)n(C(C)C)n1. The summed E-state index contributed by atoms with van der Waals surface area (Å²) in [4.78, 5) is 23.0. The molecule has 0 radical (unpaired) electrons. The first-order chi connectivity index (χ1) is 16.9. The second-order valence-corrected chi connectivity index (χ2v) is 9.59. The lowest BCUT2D eigenvalue weighted by Gasteiger charge is -2.31. The molecule has 10 heteroatoms. The summed E-state index contributed by atoms with van der Waals surface area (Å²) in [6.45, 7) is 7.89. The van der Waals surface area contributed by atoms with Crippen molar-refractivity contribution in [2.45, 2.75) is 51.8 Å². The van der Waals surface area contributed by atoms with Crippen LogP contribution in [0.1, 0.15) is 50.0 Å². The number of nitrogens with zero attached hydrogens (tertiary/aromatic N) is 6. The third-order valence-electron chi connectivity index (χ3n) is 6.72. The number of rotatable bonds is 7. The van der Waals surface area contributed by atoms with Crippen LogP contribution in [0.15, 0.2) is 24.4 Å². The number of imidazole rings is 1. The summed E-state index contributed by atoms with van der Waals surface area (Å²) in [5, 5.41) is 4.61. The number of primary amides is 1. The Morgan fingerprint density at radius 2 is 2.00 bits per heavy atom. The molecule has 35 heavy (non-hydrogen) atoms. The van der Waals surface area contributed by atoms with Gasteiger partial charge in [0.1, 0.15) is 30.5 Å². The van der Waals surface area contributed by atoms with Gasteiger partial charge < -0.3 is 19.8 Å². The molecule has 186 valence electrons. The zero-order chi connectivity index (χ0) is 24.5. The molecule has 1 fully saturated rings. The summed E-state index contributed by atoms with van der Waals surface area (Å²) in [5.74, 6) is 3.31. The number of likely N-dealkylation sites (tertiary alicyclic amines) is 1. The van der Waals surface area contributed by atoms with E-state index in [4.69, 9.17) is 25.2 Å². The van der Waals surface area contributed by atoms with Crippen molar-refractivity contribution in [3.8, 4) is 28.7 Å². The summed E-state index contributed by atoms with van der Waals surface area (Å²) in [5.41, 5.74) is 8.40. The Balaban J connectivity index is 1.42. The van der Waals surface area contributed by atoms with Gasteiger partial charge in [-0.2, -0.15) is 5.10 Å². The van der Waals surface area contributed by atoms with E-state index in [1.165, 1.54) is 5.56 Å². The van der Waals surface area contributed by atoms with Crippen LogP contribution in [0.25, 0.3) is 22.9 Å². The number of carbonyl (C=O) groups is 1. The first kappa shape index (κ1) is 23.5. The van der Waals surface area contributed by atoms with E-state index in [9.17, 15) is 4.79 Å². The molecule has 0 saturated carbocycles. The molecule has 1 amide bonds. The molecule has 5 rings (SSSR count). The fraction of sp³-hybridized carbons (Fsp3) is 0.520. The number of carbonyl (C=O) groups excluding carboxylic acids is 1. The summed E-state index contributed by atoms with van der Waals surface area (Å²) in [6.07, 6.45) is 4.04. The van der Waals surface area contributed by atoms with Crippen LogP contribution in [0.4, 0.5) is 0 Å². The van der Waals surface area contributed by atoms with Gasteiger partial charge in [0.2, 0.25) is 5.91 Å². The van der Waals surface area contributed by atoms with Gasteiger partial charge in [-0.05, 0) is 63.4 Å². The first-order valence-corrected chi connectivity index (χ1v) is 12.2. The normalized spacial score (nSPS) is 16.6. The van der Waals surface area contributed by atoms with Crippen LogP contribution in [-0.2, 0) is 22.7 Å². The number of nitrogens with two attached hydrogens (primary N) is 1. The Bertz CT molecular complexity index is 1210. The van der Waals surface area contributed by atoms with E-state index in [-0.39, 0.29) is 11.9 Å². The van der Waals surface area contributed by atoms with Gasteiger partial charge in [0.25, 0.3) is 0 Å². The zero-order valence-electron chi connectivity index (χ0n) is 20.6. The Kier molecular flexibility index (Phi) is 6.57. The minimum absolute atomic E-state index is 0.150. The van der Waals surface area contributed by atoms with Crippen molar-refractivity contribution in [3.63, 3.8) is 0 Å². The number of piperidine rings is 1. The summed E-state index contributed by atoms with van der Waals surface area (Å²) < 4.78 is 15.4. The van der Waals surface area contributed by atoms with Crippen LogP contribution in [0.5, 0.6) is 5.75 Å². The molecule has 3 aromatic rings. The number of amides is 1. The number of hydrogen-bond acceptors (Lipinski definition) is 7. The van der Waals surface area contributed by atoms with Crippen LogP contribution in [0.2, 0.25) is 0 Å². The van der Waals surface area contributed by atoms with Crippen molar-refractivity contribution in [3.05, 3.63) is 35.8 Å². The molecule has 1 aromatic carbocycles. The molecule has 0 unspecified atom stereocenters. The largest absolute Gasteiger partial charge is 0.491 e. The summed E-state index contributed by atoms with van der Waals surface area (Å²) in [6, 6.07) is 6.63. The molecule has 0 bridgehead atoms. The highest BCUT2D eigenvalue weighted by atomic mass is 16.5. The highest BCUT2D eigenvalue weighted by molar-refractivity contribution is 5.76. The number of ether oxygens (including phenoxy) is 2. The van der Waals surface area contributed by atoms with Crippen LogP contribution >= 0.6 is 0 Å². The number of fused-ring (bicyclic) bond motifs is 3. The first-order valence-electron chi connectivity index (χ1n) is 12.2. The molecule has 2 aliphatic heterocycles. The lowest BCUT2D eigenvalue weighted by molar-refractivity contribution is -0.119. The van der Waals surface area contributed by atoms with Crippen molar-refractivity contribution in [2.75, 3.05) is 33.4 Å². The predicted octanol–water partition coefficient (Wildman–Crippen LogP) is 2.59. The predicted molar refractivity (Wildman–Crippen MR) is 131 cm³/mol. The van der Waals surface area contributed by atoms with E-state index < -0.39 is 0 Å². The fourth-order valence-electron chi connectivity index (χ4n) is 5.00. The molecule has 1 saturated heterocycles. The van der Waals surface area contributed by atoms with Gasteiger partial charge in [0.15, 0.2) is 11.6 Å². The summed E-state index contributed by atoms with van der Waals surface area (Å²) in [7, 11) is 1.64. The third-order valence-corrected chi connectivity index (χ3v) is 6.72. The van der Waals surface area contributed by atoms with E-state index in [1.54, 1.807) is 7.11 Å². The molecule has 4 heterocycles. The zero-order valence-corrected chi connectivity index (χ0v) is 20.6. The maximum Gasteiger partial charge on any atom is 0.231 e. The second kappa shape index (κ2) is 9.79. The highest BCUT2D eigenvalue weighted by Gasteiger charge is 2.26. The lowest BCUT2D eigenvalue weighted by Crippen LogP contribution is -2.39. The lowest BCUT2D eigenvalue weighted by atomic mass is 9.88. The number of methoxy groups -OCH3 is 1. The molecule has 0 atom stereocenters. The Morgan fingerprint density at radius 1 is 1.20 bits per heavy atom. The smallest absolute Gasteiger partial charge is 0.231 e. The topological polar surface area (TPSA) is 113 Å². The van der Waals surface area contributed by atoms with Crippen LogP contribution in [0.3, 0.4) is 0 Å². The molecular formula is C25H33N7O3. The standard InChI is InChI=1S/C25H33N7O3/c1-16(2)32-25(28-23(29-32)15-34-3)20-13-31-10-11-35-21-12-18(4-5-19(21)24(31)27-20)17-6-8-30(9-7-17)14-22(26)33/h4-5,12-13,16-17H,6-11,14-15H2,1-3H3,(H2,26,33). The monoisotopic (exact) mass is 479 g/mol. The Labute approximate surface area is 205 Å². The van der Waals surface area contributed by atoms with Crippen LogP contribution in [-0.4, -0.2) is 68.5 Å². The number of benzene rings is 1. The number of aromatic nitrogens is 5. The van der Waals surface area contributed by atoms with Gasteiger partial charge in [0, 0.05) is 19.3 Å². The van der Waals surface area contributed by atoms with Gasteiger partial charge in [-0.3, -0.25) is 9.69 Å². The third kappa shape index (κ3) is 4.81.